The van der Waals surface area contributed by atoms with Gasteiger partial charge in [0.2, 0.25) is 5.95 Å². The van der Waals surface area contributed by atoms with Crippen molar-refractivity contribution in [2.45, 2.75) is 6.92 Å². The van der Waals surface area contributed by atoms with Crippen LogP contribution in [0, 0.1) is 6.92 Å². The van der Waals surface area contributed by atoms with Crippen LogP contribution in [0.2, 0.25) is 0 Å². The molecule has 1 saturated heterocycles. The van der Waals surface area contributed by atoms with Crippen LogP contribution in [0.5, 0.6) is 11.5 Å². The number of anilines is 2. The van der Waals surface area contributed by atoms with Gasteiger partial charge in [0.1, 0.15) is 18.9 Å². The van der Waals surface area contributed by atoms with E-state index < -0.39 is 0 Å². The van der Waals surface area contributed by atoms with Crippen molar-refractivity contribution >= 4 is 17.5 Å². The van der Waals surface area contributed by atoms with Crippen LogP contribution in [-0.4, -0.2) is 55.4 Å². The number of aryl methyl sites for hydroxylation is 1. The summed E-state index contributed by atoms with van der Waals surface area (Å²) in [6.45, 7) is 5.58. The van der Waals surface area contributed by atoms with Crippen LogP contribution >= 0.6 is 0 Å². The molecular formula is C18H20N4O4. The van der Waals surface area contributed by atoms with Crippen molar-refractivity contribution in [1.82, 2.24) is 9.97 Å². The van der Waals surface area contributed by atoms with Crippen LogP contribution in [0.25, 0.3) is 0 Å². The van der Waals surface area contributed by atoms with Crippen LogP contribution in [0.1, 0.15) is 16.2 Å². The Hall–Kier alpha value is -2.87. The van der Waals surface area contributed by atoms with Crippen LogP contribution < -0.4 is 19.7 Å². The molecule has 3 heterocycles. The highest BCUT2D eigenvalue weighted by Gasteiger charge is 2.18. The summed E-state index contributed by atoms with van der Waals surface area (Å²) >= 11 is 0. The average Bonchev–Trinajstić information content (AvgIpc) is 2.68. The molecule has 2 aliphatic rings. The number of nitrogens with zero attached hydrogens (tertiary/aromatic N) is 3. The average molecular weight is 356 g/mol. The lowest BCUT2D eigenvalue weighted by molar-refractivity contribution is 0.102. The number of carbonyl (C=O) groups is 1. The van der Waals surface area contributed by atoms with Gasteiger partial charge in [-0.3, -0.25) is 4.79 Å². The first kappa shape index (κ1) is 16.6. The van der Waals surface area contributed by atoms with E-state index in [1.165, 1.54) is 0 Å². The highest BCUT2D eigenvalue weighted by molar-refractivity contribution is 6.03. The minimum absolute atomic E-state index is 0.290. The monoisotopic (exact) mass is 356 g/mol. The van der Waals surface area contributed by atoms with E-state index in [1.54, 1.807) is 24.3 Å². The summed E-state index contributed by atoms with van der Waals surface area (Å²) in [5.41, 5.74) is 1.70. The van der Waals surface area contributed by atoms with Gasteiger partial charge in [0.05, 0.1) is 13.2 Å². The molecule has 1 aromatic heterocycles. The Morgan fingerprint density at radius 3 is 2.62 bits per heavy atom. The summed E-state index contributed by atoms with van der Waals surface area (Å²) in [7, 11) is 0. The molecular weight excluding hydrogens is 336 g/mol. The van der Waals surface area contributed by atoms with Crippen molar-refractivity contribution in [2.24, 2.45) is 0 Å². The van der Waals surface area contributed by atoms with Crippen LogP contribution in [0.15, 0.2) is 24.3 Å². The van der Waals surface area contributed by atoms with Gasteiger partial charge in [-0.1, -0.05) is 0 Å². The van der Waals surface area contributed by atoms with Gasteiger partial charge in [0, 0.05) is 30.5 Å². The van der Waals surface area contributed by atoms with Crippen LogP contribution in [0.3, 0.4) is 0 Å². The van der Waals surface area contributed by atoms with E-state index in [4.69, 9.17) is 14.2 Å². The van der Waals surface area contributed by atoms with Crippen molar-refractivity contribution < 1.29 is 19.0 Å². The minimum Gasteiger partial charge on any atom is -0.486 e. The quantitative estimate of drug-likeness (QED) is 0.895. The van der Waals surface area contributed by atoms with Gasteiger partial charge in [-0.05, 0) is 25.1 Å². The zero-order valence-corrected chi connectivity index (χ0v) is 14.5. The summed E-state index contributed by atoms with van der Waals surface area (Å²) in [5, 5.41) is 2.86. The first-order valence-corrected chi connectivity index (χ1v) is 8.58. The number of nitrogens with one attached hydrogen (secondary N) is 1. The molecule has 136 valence electrons. The maximum atomic E-state index is 12.7. The normalized spacial score (nSPS) is 16.3. The molecule has 0 unspecified atom stereocenters. The van der Waals surface area contributed by atoms with Gasteiger partial charge in [-0.25, -0.2) is 9.97 Å². The zero-order chi connectivity index (χ0) is 17.9. The molecule has 2 aliphatic heterocycles. The Morgan fingerprint density at radius 1 is 1.04 bits per heavy atom. The Bertz CT molecular complexity index is 821. The van der Waals surface area contributed by atoms with Gasteiger partial charge < -0.3 is 24.4 Å². The topological polar surface area (TPSA) is 85.8 Å². The molecule has 1 fully saturated rings. The molecule has 1 aromatic carbocycles. The number of carbonyl (C=O) groups excluding carboxylic acids is 1. The first-order chi connectivity index (χ1) is 12.7. The molecule has 4 rings (SSSR count). The lowest BCUT2D eigenvalue weighted by Gasteiger charge is -2.27. The molecule has 8 heteroatoms. The van der Waals surface area contributed by atoms with Gasteiger partial charge >= 0.3 is 0 Å². The number of hydrogen-bond donors (Lipinski definition) is 1. The Kier molecular flexibility index (Phi) is 4.57. The number of ether oxygens (including phenoxy) is 3. The summed E-state index contributed by atoms with van der Waals surface area (Å²) in [6, 6.07) is 7.00. The summed E-state index contributed by atoms with van der Waals surface area (Å²) in [5.74, 6) is 1.57. The third-order valence-electron chi connectivity index (χ3n) is 4.17. The number of morpholine rings is 1. The molecule has 0 bridgehead atoms. The fraction of sp³-hybridized carbons (Fsp3) is 0.389. The van der Waals surface area contributed by atoms with Gasteiger partial charge in [-0.15, -0.1) is 0 Å². The van der Waals surface area contributed by atoms with Crippen molar-refractivity contribution in [2.75, 3.05) is 49.7 Å². The molecule has 1 amide bonds. The lowest BCUT2D eigenvalue weighted by Crippen LogP contribution is -2.37. The largest absolute Gasteiger partial charge is 0.486 e. The maximum absolute atomic E-state index is 12.7. The fourth-order valence-electron chi connectivity index (χ4n) is 2.89. The highest BCUT2D eigenvalue weighted by Crippen LogP contribution is 2.32. The smallest absolute Gasteiger partial charge is 0.274 e. The third kappa shape index (κ3) is 3.55. The Balaban J connectivity index is 1.53. The summed E-state index contributed by atoms with van der Waals surface area (Å²) in [4.78, 5) is 23.6. The first-order valence-electron chi connectivity index (χ1n) is 8.58. The maximum Gasteiger partial charge on any atom is 0.274 e. The summed E-state index contributed by atoms with van der Waals surface area (Å²) in [6.07, 6.45) is 0. The third-order valence-corrected chi connectivity index (χ3v) is 4.17. The van der Waals surface area contributed by atoms with Crippen molar-refractivity contribution in [1.29, 1.82) is 0 Å². The zero-order valence-electron chi connectivity index (χ0n) is 14.5. The second-order valence-electron chi connectivity index (χ2n) is 6.11. The predicted molar refractivity (Wildman–Crippen MR) is 95.2 cm³/mol. The molecule has 0 spiro atoms. The number of amides is 1. The fourth-order valence-corrected chi connectivity index (χ4v) is 2.89. The van der Waals surface area contributed by atoms with E-state index in [0.29, 0.717) is 68.3 Å². The van der Waals surface area contributed by atoms with E-state index in [-0.39, 0.29) is 5.91 Å². The molecule has 0 radical (unpaired) electrons. The van der Waals surface area contributed by atoms with Gasteiger partial charge in [0.15, 0.2) is 11.5 Å². The number of aromatic nitrogens is 2. The van der Waals surface area contributed by atoms with Gasteiger partial charge in [0.25, 0.3) is 5.91 Å². The van der Waals surface area contributed by atoms with Crippen molar-refractivity contribution in [3.05, 3.63) is 35.7 Å². The molecule has 26 heavy (non-hydrogen) atoms. The molecule has 1 N–H and O–H groups in total. The number of fused-ring (bicyclic) bond motifs is 1. The van der Waals surface area contributed by atoms with E-state index in [1.807, 2.05) is 11.8 Å². The van der Waals surface area contributed by atoms with Crippen LogP contribution in [-0.2, 0) is 4.74 Å². The van der Waals surface area contributed by atoms with Crippen molar-refractivity contribution in [3.63, 3.8) is 0 Å². The van der Waals surface area contributed by atoms with Crippen LogP contribution in [0.4, 0.5) is 11.6 Å². The van der Waals surface area contributed by atoms with Gasteiger partial charge in [-0.2, -0.15) is 0 Å². The van der Waals surface area contributed by atoms with E-state index in [0.717, 1.165) is 5.69 Å². The SMILES string of the molecule is Cc1cc(C(=O)Nc2ccc3c(c2)OCCO3)nc(N2CCOCC2)n1. The van der Waals surface area contributed by atoms with E-state index in [2.05, 4.69) is 15.3 Å². The van der Waals surface area contributed by atoms with E-state index in [9.17, 15) is 4.79 Å². The number of hydrogen-bond acceptors (Lipinski definition) is 7. The van der Waals surface area contributed by atoms with E-state index >= 15 is 0 Å². The number of benzene rings is 1. The molecule has 0 saturated carbocycles. The predicted octanol–water partition coefficient (Wildman–Crippen LogP) is 1.65. The second kappa shape index (κ2) is 7.17. The Morgan fingerprint density at radius 2 is 1.81 bits per heavy atom. The minimum atomic E-state index is -0.290. The lowest BCUT2D eigenvalue weighted by atomic mass is 10.2. The highest BCUT2D eigenvalue weighted by atomic mass is 16.6. The summed E-state index contributed by atoms with van der Waals surface area (Å²) < 4.78 is 16.4. The Labute approximate surface area is 151 Å². The molecule has 0 atom stereocenters. The molecule has 8 nitrogen and oxygen atoms in total. The molecule has 2 aromatic rings. The number of rotatable bonds is 3. The van der Waals surface area contributed by atoms with Crippen molar-refractivity contribution in [3.8, 4) is 11.5 Å². The molecule has 0 aliphatic carbocycles. The standard InChI is InChI=1S/C18H20N4O4/c1-12-10-14(21-18(19-12)22-4-6-24-7-5-22)17(23)20-13-2-3-15-16(11-13)26-9-8-25-15/h2-3,10-11H,4-9H2,1H3,(H,20,23). The second-order valence-corrected chi connectivity index (χ2v) is 6.11.